The Balaban J connectivity index is 1.70. The zero-order valence-electron chi connectivity index (χ0n) is 10.1. The Morgan fingerprint density at radius 2 is 1.94 bits per heavy atom. The van der Waals surface area contributed by atoms with E-state index in [0.717, 1.165) is 25.3 Å². The molecule has 90 valence electrons. The molecule has 0 saturated heterocycles. The number of nitrogens with two attached hydrogens (primary N) is 1. The maximum Gasteiger partial charge on any atom is 0.118 e. The molecule has 1 aromatic carbocycles. The fraction of sp³-hybridized carbons (Fsp3) is 0.286. The van der Waals surface area contributed by atoms with Crippen LogP contribution in [0.15, 0.2) is 41.1 Å². The van der Waals surface area contributed by atoms with E-state index in [-0.39, 0.29) is 0 Å². The second-order valence-corrected chi connectivity index (χ2v) is 4.79. The van der Waals surface area contributed by atoms with Crippen LogP contribution < -0.4 is 10.1 Å². The summed E-state index contributed by atoms with van der Waals surface area (Å²) in [5, 5.41) is 6.70. The van der Waals surface area contributed by atoms with E-state index < -0.39 is 0 Å². The highest BCUT2D eigenvalue weighted by molar-refractivity contribution is 7.07. The molecule has 0 amide bonds. The standard InChI is InChI=1S/C14H17NOS/c1-16-14-4-2-12(3-5-14)6-8-15-10-13-7-9-17-11-13/h2-5,7,9,11,15H,6,8,10H2,1H3/p+1. The summed E-state index contributed by atoms with van der Waals surface area (Å²) in [5.41, 5.74) is 2.79. The van der Waals surface area contributed by atoms with Crippen molar-refractivity contribution in [3.05, 3.63) is 52.2 Å². The number of hydrogen-bond donors (Lipinski definition) is 1. The van der Waals surface area contributed by atoms with E-state index in [2.05, 4.69) is 34.3 Å². The van der Waals surface area contributed by atoms with Gasteiger partial charge in [-0.3, -0.25) is 0 Å². The largest absolute Gasteiger partial charge is 0.497 e. The van der Waals surface area contributed by atoms with Crippen molar-refractivity contribution in [3.8, 4) is 5.75 Å². The Bertz CT molecular complexity index is 422. The van der Waals surface area contributed by atoms with Crippen molar-refractivity contribution < 1.29 is 10.1 Å². The van der Waals surface area contributed by atoms with E-state index in [0.29, 0.717) is 0 Å². The fourth-order valence-electron chi connectivity index (χ4n) is 1.74. The summed E-state index contributed by atoms with van der Waals surface area (Å²) in [4.78, 5) is 0. The molecule has 0 saturated carbocycles. The lowest BCUT2D eigenvalue weighted by Crippen LogP contribution is -2.83. The number of thiophene rings is 1. The van der Waals surface area contributed by atoms with Crippen molar-refractivity contribution in [2.45, 2.75) is 13.0 Å². The zero-order valence-corrected chi connectivity index (χ0v) is 10.9. The molecule has 0 atom stereocenters. The van der Waals surface area contributed by atoms with Gasteiger partial charge in [0.05, 0.1) is 13.7 Å². The van der Waals surface area contributed by atoms with Gasteiger partial charge in [0.25, 0.3) is 0 Å². The molecule has 2 nitrogen and oxygen atoms in total. The molecule has 2 rings (SSSR count). The summed E-state index contributed by atoms with van der Waals surface area (Å²) in [6.07, 6.45) is 1.11. The van der Waals surface area contributed by atoms with E-state index in [1.807, 2.05) is 12.1 Å². The van der Waals surface area contributed by atoms with E-state index in [9.17, 15) is 0 Å². The molecule has 0 fully saturated rings. The minimum absolute atomic E-state index is 0.927. The monoisotopic (exact) mass is 248 g/mol. The topological polar surface area (TPSA) is 25.8 Å². The third kappa shape index (κ3) is 3.88. The number of ether oxygens (including phenoxy) is 1. The molecule has 3 heteroatoms. The lowest BCUT2D eigenvalue weighted by molar-refractivity contribution is -0.670. The summed E-state index contributed by atoms with van der Waals surface area (Å²) < 4.78 is 5.14. The van der Waals surface area contributed by atoms with Gasteiger partial charge in [-0.25, -0.2) is 0 Å². The summed E-state index contributed by atoms with van der Waals surface area (Å²) in [7, 11) is 1.70. The minimum atomic E-state index is 0.927. The van der Waals surface area contributed by atoms with Crippen LogP contribution >= 0.6 is 11.3 Å². The molecule has 0 spiro atoms. The van der Waals surface area contributed by atoms with Gasteiger partial charge < -0.3 is 10.1 Å². The van der Waals surface area contributed by atoms with Crippen LogP contribution in [0.1, 0.15) is 11.1 Å². The molecule has 17 heavy (non-hydrogen) atoms. The molecule has 1 heterocycles. The highest BCUT2D eigenvalue weighted by Gasteiger charge is 1.98. The van der Waals surface area contributed by atoms with Gasteiger partial charge in [-0.15, -0.1) is 0 Å². The van der Waals surface area contributed by atoms with Crippen molar-refractivity contribution in [1.29, 1.82) is 0 Å². The molecular weight excluding hydrogens is 230 g/mol. The van der Waals surface area contributed by atoms with Crippen molar-refractivity contribution in [3.63, 3.8) is 0 Å². The van der Waals surface area contributed by atoms with Crippen molar-refractivity contribution in [2.75, 3.05) is 13.7 Å². The van der Waals surface area contributed by atoms with Gasteiger partial charge >= 0.3 is 0 Å². The van der Waals surface area contributed by atoms with E-state index in [1.165, 1.54) is 11.1 Å². The van der Waals surface area contributed by atoms with E-state index in [1.54, 1.807) is 18.4 Å². The van der Waals surface area contributed by atoms with Gasteiger partial charge in [-0.05, 0) is 34.5 Å². The third-order valence-corrected chi connectivity index (χ3v) is 3.49. The van der Waals surface area contributed by atoms with Gasteiger partial charge in [0.15, 0.2) is 0 Å². The predicted octanol–water partition coefficient (Wildman–Crippen LogP) is 2.06. The van der Waals surface area contributed by atoms with Gasteiger partial charge in [0.1, 0.15) is 12.3 Å². The molecule has 0 unspecified atom stereocenters. The number of methoxy groups -OCH3 is 1. The van der Waals surface area contributed by atoms with Crippen LogP contribution in [0.2, 0.25) is 0 Å². The van der Waals surface area contributed by atoms with Gasteiger partial charge in [-0.2, -0.15) is 11.3 Å². The average Bonchev–Trinajstić information content (AvgIpc) is 2.88. The van der Waals surface area contributed by atoms with Crippen LogP contribution in [0, 0.1) is 0 Å². The summed E-state index contributed by atoms with van der Waals surface area (Å²) in [6, 6.07) is 10.5. The highest BCUT2D eigenvalue weighted by Crippen LogP contribution is 2.11. The first kappa shape index (κ1) is 12.1. The van der Waals surface area contributed by atoms with Crippen LogP contribution in [0.4, 0.5) is 0 Å². The molecule has 0 aliphatic heterocycles. The van der Waals surface area contributed by atoms with Crippen molar-refractivity contribution in [1.82, 2.24) is 0 Å². The molecule has 0 aliphatic carbocycles. The van der Waals surface area contributed by atoms with Gasteiger partial charge in [0.2, 0.25) is 0 Å². The lowest BCUT2D eigenvalue weighted by atomic mass is 10.1. The molecule has 0 aliphatic rings. The van der Waals surface area contributed by atoms with Crippen LogP contribution in [0.5, 0.6) is 5.75 Å². The maximum atomic E-state index is 5.14. The molecule has 1 aromatic heterocycles. The minimum Gasteiger partial charge on any atom is -0.497 e. The molecule has 0 bridgehead atoms. The smallest absolute Gasteiger partial charge is 0.118 e. The zero-order chi connectivity index (χ0) is 11.9. The molecule has 2 aromatic rings. The predicted molar refractivity (Wildman–Crippen MR) is 71.5 cm³/mol. The van der Waals surface area contributed by atoms with Crippen LogP contribution in [0.25, 0.3) is 0 Å². The number of hydrogen-bond acceptors (Lipinski definition) is 2. The Kier molecular flexibility index (Phi) is 4.59. The first-order valence-electron chi connectivity index (χ1n) is 5.84. The molecule has 0 radical (unpaired) electrons. The quantitative estimate of drug-likeness (QED) is 0.778. The van der Waals surface area contributed by atoms with Crippen LogP contribution in [-0.2, 0) is 13.0 Å². The second-order valence-electron chi connectivity index (χ2n) is 4.01. The third-order valence-electron chi connectivity index (χ3n) is 2.76. The number of benzene rings is 1. The Morgan fingerprint density at radius 3 is 2.59 bits per heavy atom. The number of rotatable bonds is 6. The first-order valence-corrected chi connectivity index (χ1v) is 6.78. The van der Waals surface area contributed by atoms with Gasteiger partial charge in [0, 0.05) is 12.0 Å². The normalized spacial score (nSPS) is 10.4. The van der Waals surface area contributed by atoms with Crippen LogP contribution in [-0.4, -0.2) is 13.7 Å². The maximum absolute atomic E-state index is 5.14. The van der Waals surface area contributed by atoms with Gasteiger partial charge in [-0.1, -0.05) is 12.1 Å². The fourth-order valence-corrected chi connectivity index (χ4v) is 2.42. The first-order chi connectivity index (χ1) is 8.38. The lowest BCUT2D eigenvalue weighted by Gasteiger charge is -2.03. The SMILES string of the molecule is COc1ccc(CC[NH2+]Cc2ccsc2)cc1. The number of quaternary nitrogens is 1. The van der Waals surface area contributed by atoms with E-state index in [4.69, 9.17) is 4.74 Å². The summed E-state index contributed by atoms with van der Waals surface area (Å²) in [5.74, 6) is 0.927. The van der Waals surface area contributed by atoms with Crippen LogP contribution in [0.3, 0.4) is 0 Å². The molecule has 2 N–H and O–H groups in total. The van der Waals surface area contributed by atoms with Crippen molar-refractivity contribution in [2.24, 2.45) is 0 Å². The Hall–Kier alpha value is -1.32. The molecular formula is C14H18NOS+. The average molecular weight is 248 g/mol. The summed E-state index contributed by atoms with van der Waals surface area (Å²) in [6.45, 7) is 2.21. The highest BCUT2D eigenvalue weighted by atomic mass is 32.1. The Morgan fingerprint density at radius 1 is 1.12 bits per heavy atom. The Labute approximate surface area is 106 Å². The van der Waals surface area contributed by atoms with E-state index >= 15 is 0 Å². The second kappa shape index (κ2) is 6.42. The summed E-state index contributed by atoms with van der Waals surface area (Å²) >= 11 is 1.76. The van der Waals surface area contributed by atoms with Crippen molar-refractivity contribution >= 4 is 11.3 Å².